The molecule has 100 valence electrons. The third-order valence-electron chi connectivity index (χ3n) is 3.52. The Kier molecular flexibility index (Phi) is 5.18. The number of hydrogen-bond acceptors (Lipinski definition) is 3. The van der Waals surface area contributed by atoms with Crippen LogP contribution in [0.4, 0.5) is 0 Å². The molecule has 1 heterocycles. The zero-order valence-corrected chi connectivity index (χ0v) is 12.3. The Morgan fingerprint density at radius 3 is 2.83 bits per heavy atom. The van der Waals surface area contributed by atoms with E-state index in [9.17, 15) is 5.11 Å². The Hall–Kier alpha value is -0.420. The molecule has 1 aliphatic heterocycles. The Morgan fingerprint density at radius 2 is 2.22 bits per heavy atom. The number of hydrogen-bond donors (Lipinski definition) is 1. The number of aliphatic hydroxyl groups is 1. The van der Waals surface area contributed by atoms with E-state index in [1.807, 2.05) is 12.1 Å². The fourth-order valence-electron chi connectivity index (χ4n) is 2.54. The molecular formula is C14H20BrNO2. The molecule has 1 aromatic carbocycles. The van der Waals surface area contributed by atoms with Crippen LogP contribution in [0, 0.1) is 0 Å². The van der Waals surface area contributed by atoms with E-state index in [0.29, 0.717) is 12.6 Å². The summed E-state index contributed by atoms with van der Waals surface area (Å²) in [4.78, 5) is 2.32. The maximum Gasteiger partial charge on any atom is 0.0703 e. The first-order valence-corrected chi connectivity index (χ1v) is 7.21. The van der Waals surface area contributed by atoms with Crippen molar-refractivity contribution in [1.29, 1.82) is 0 Å². The Morgan fingerprint density at radius 1 is 1.44 bits per heavy atom. The van der Waals surface area contributed by atoms with Crippen LogP contribution in [0.3, 0.4) is 0 Å². The van der Waals surface area contributed by atoms with Crippen molar-refractivity contribution in [2.75, 3.05) is 19.8 Å². The molecule has 1 aromatic rings. The van der Waals surface area contributed by atoms with Crippen molar-refractivity contribution >= 4 is 15.9 Å². The van der Waals surface area contributed by atoms with Gasteiger partial charge in [0, 0.05) is 30.2 Å². The fraction of sp³-hybridized carbons (Fsp3) is 0.571. The van der Waals surface area contributed by atoms with Gasteiger partial charge < -0.3 is 9.84 Å². The summed E-state index contributed by atoms with van der Waals surface area (Å²) >= 11 is 3.58. The van der Waals surface area contributed by atoms with Crippen LogP contribution in [0.2, 0.25) is 0 Å². The molecule has 1 aliphatic rings. The van der Waals surface area contributed by atoms with Crippen LogP contribution in [0.5, 0.6) is 0 Å². The van der Waals surface area contributed by atoms with E-state index in [1.165, 1.54) is 5.56 Å². The van der Waals surface area contributed by atoms with Gasteiger partial charge in [0.2, 0.25) is 0 Å². The lowest BCUT2D eigenvalue weighted by Crippen LogP contribution is -2.41. The highest BCUT2D eigenvalue weighted by molar-refractivity contribution is 9.10. The summed E-state index contributed by atoms with van der Waals surface area (Å²) in [7, 11) is 0. The molecule has 1 fully saturated rings. The molecule has 2 atom stereocenters. The second-order valence-corrected chi connectivity index (χ2v) is 5.57. The molecule has 0 radical (unpaired) electrons. The van der Waals surface area contributed by atoms with Crippen LogP contribution in [-0.2, 0) is 11.3 Å². The third-order valence-corrected chi connectivity index (χ3v) is 4.30. The highest BCUT2D eigenvalue weighted by Gasteiger charge is 2.29. The van der Waals surface area contributed by atoms with Gasteiger partial charge in [0.15, 0.2) is 0 Å². The summed E-state index contributed by atoms with van der Waals surface area (Å²) in [6, 6.07) is 8.65. The van der Waals surface area contributed by atoms with Crippen LogP contribution in [0.15, 0.2) is 28.7 Å². The minimum Gasteiger partial charge on any atom is -0.395 e. The van der Waals surface area contributed by atoms with E-state index < -0.39 is 0 Å². The number of ether oxygens (including phenoxy) is 1. The normalized spacial score (nSPS) is 23.8. The van der Waals surface area contributed by atoms with Gasteiger partial charge in [-0.15, -0.1) is 0 Å². The standard InChI is InChI=1S/C14H20BrNO2/c1-11-14(6-9-18-11)16(7-8-17)10-12-4-2-3-5-13(12)15/h2-5,11,14,17H,6-10H2,1H3. The SMILES string of the molecule is CC1OCCC1N(CCO)Cc1ccccc1Br. The summed E-state index contributed by atoms with van der Waals surface area (Å²) < 4.78 is 6.75. The summed E-state index contributed by atoms with van der Waals surface area (Å²) in [6.07, 6.45) is 1.30. The average Bonchev–Trinajstić information content (AvgIpc) is 2.78. The monoisotopic (exact) mass is 313 g/mol. The molecule has 3 nitrogen and oxygen atoms in total. The zero-order valence-electron chi connectivity index (χ0n) is 10.7. The first-order chi connectivity index (χ1) is 8.72. The molecule has 0 saturated carbocycles. The Bertz CT molecular complexity index is 386. The van der Waals surface area contributed by atoms with Gasteiger partial charge in [-0.2, -0.15) is 0 Å². The molecule has 2 unspecified atom stereocenters. The Labute approximate surface area is 117 Å². The van der Waals surface area contributed by atoms with Crippen molar-refractivity contribution in [3.8, 4) is 0 Å². The van der Waals surface area contributed by atoms with Crippen LogP contribution >= 0.6 is 15.9 Å². The number of nitrogens with zero attached hydrogens (tertiary/aromatic N) is 1. The second-order valence-electron chi connectivity index (χ2n) is 4.72. The van der Waals surface area contributed by atoms with Crippen molar-refractivity contribution in [1.82, 2.24) is 4.90 Å². The van der Waals surface area contributed by atoms with Gasteiger partial charge in [0.05, 0.1) is 12.7 Å². The predicted molar refractivity (Wildman–Crippen MR) is 75.5 cm³/mol. The molecule has 0 aromatic heterocycles. The first kappa shape index (κ1) is 14.0. The topological polar surface area (TPSA) is 32.7 Å². The number of rotatable bonds is 5. The summed E-state index contributed by atoms with van der Waals surface area (Å²) in [5.74, 6) is 0. The molecule has 1 saturated heterocycles. The van der Waals surface area contributed by atoms with Crippen LogP contribution in [0.1, 0.15) is 18.9 Å². The molecule has 2 rings (SSSR count). The van der Waals surface area contributed by atoms with Crippen molar-refractivity contribution in [2.45, 2.75) is 32.0 Å². The zero-order chi connectivity index (χ0) is 13.0. The van der Waals surface area contributed by atoms with E-state index in [-0.39, 0.29) is 12.7 Å². The van der Waals surface area contributed by atoms with Crippen LogP contribution in [0.25, 0.3) is 0 Å². The Balaban J connectivity index is 2.08. The first-order valence-electron chi connectivity index (χ1n) is 6.42. The van der Waals surface area contributed by atoms with Crippen molar-refractivity contribution in [3.63, 3.8) is 0 Å². The van der Waals surface area contributed by atoms with Crippen LogP contribution in [-0.4, -0.2) is 41.9 Å². The lowest BCUT2D eigenvalue weighted by atomic mass is 10.1. The molecule has 4 heteroatoms. The minimum atomic E-state index is 0.188. The highest BCUT2D eigenvalue weighted by atomic mass is 79.9. The van der Waals surface area contributed by atoms with Gasteiger partial charge in [-0.25, -0.2) is 0 Å². The maximum atomic E-state index is 9.24. The molecule has 1 N–H and O–H groups in total. The minimum absolute atomic E-state index is 0.188. The molecule has 0 spiro atoms. The van der Waals surface area contributed by atoms with E-state index in [1.54, 1.807) is 0 Å². The molecule has 0 bridgehead atoms. The van der Waals surface area contributed by atoms with Crippen LogP contribution < -0.4 is 0 Å². The van der Waals surface area contributed by atoms with E-state index in [2.05, 4.69) is 39.9 Å². The lowest BCUT2D eigenvalue weighted by Gasteiger charge is -2.30. The molecule has 18 heavy (non-hydrogen) atoms. The number of benzene rings is 1. The van der Waals surface area contributed by atoms with Crippen molar-refractivity contribution in [2.24, 2.45) is 0 Å². The summed E-state index contributed by atoms with van der Waals surface area (Å²) in [5.41, 5.74) is 1.25. The maximum absolute atomic E-state index is 9.24. The molecule has 0 amide bonds. The second kappa shape index (κ2) is 6.66. The van der Waals surface area contributed by atoms with E-state index >= 15 is 0 Å². The summed E-state index contributed by atoms with van der Waals surface area (Å²) in [6.45, 7) is 4.67. The van der Waals surface area contributed by atoms with E-state index in [0.717, 1.165) is 24.0 Å². The third kappa shape index (κ3) is 3.32. The van der Waals surface area contributed by atoms with Gasteiger partial charge in [-0.1, -0.05) is 34.1 Å². The van der Waals surface area contributed by atoms with Crippen molar-refractivity contribution in [3.05, 3.63) is 34.3 Å². The lowest BCUT2D eigenvalue weighted by molar-refractivity contribution is 0.0621. The van der Waals surface area contributed by atoms with Gasteiger partial charge in [0.1, 0.15) is 0 Å². The number of halogens is 1. The van der Waals surface area contributed by atoms with Crippen molar-refractivity contribution < 1.29 is 9.84 Å². The smallest absolute Gasteiger partial charge is 0.0703 e. The summed E-state index contributed by atoms with van der Waals surface area (Å²) in [5, 5.41) is 9.24. The average molecular weight is 314 g/mol. The van der Waals surface area contributed by atoms with Gasteiger partial charge >= 0.3 is 0 Å². The quantitative estimate of drug-likeness (QED) is 0.906. The fourth-order valence-corrected chi connectivity index (χ4v) is 2.95. The molecular weight excluding hydrogens is 294 g/mol. The van der Waals surface area contributed by atoms with Gasteiger partial charge in [-0.05, 0) is 25.0 Å². The largest absolute Gasteiger partial charge is 0.395 e. The van der Waals surface area contributed by atoms with Gasteiger partial charge in [0.25, 0.3) is 0 Å². The van der Waals surface area contributed by atoms with Gasteiger partial charge in [-0.3, -0.25) is 4.90 Å². The highest BCUT2D eigenvalue weighted by Crippen LogP contribution is 2.24. The predicted octanol–water partition coefficient (Wildman–Crippen LogP) is 2.42. The molecule has 0 aliphatic carbocycles. The van der Waals surface area contributed by atoms with E-state index in [4.69, 9.17) is 4.74 Å². The number of aliphatic hydroxyl groups excluding tert-OH is 1.